The zero-order chi connectivity index (χ0) is 14.7. The summed E-state index contributed by atoms with van der Waals surface area (Å²) in [7, 11) is 0. The molecule has 1 aliphatic rings. The van der Waals surface area contributed by atoms with E-state index in [9.17, 15) is 4.79 Å². The van der Waals surface area contributed by atoms with Crippen LogP contribution in [0.25, 0.3) is 5.69 Å². The molecule has 1 aromatic carbocycles. The van der Waals surface area contributed by atoms with Crippen LogP contribution in [-0.4, -0.2) is 44.7 Å². The highest BCUT2D eigenvalue weighted by molar-refractivity contribution is 5.94. The predicted octanol–water partition coefficient (Wildman–Crippen LogP) is 0.956. The van der Waals surface area contributed by atoms with E-state index >= 15 is 0 Å². The monoisotopic (exact) mass is 322 g/mol. The third kappa shape index (κ3) is 3.61. The number of carbonyl (C=O) groups excluding carboxylic acids is 1. The average molecular weight is 323 g/mol. The van der Waals surface area contributed by atoms with Gasteiger partial charge in [0.1, 0.15) is 6.33 Å². The van der Waals surface area contributed by atoms with Crippen molar-refractivity contribution in [2.75, 3.05) is 13.1 Å². The maximum absolute atomic E-state index is 12.3. The molecule has 1 fully saturated rings. The molecule has 0 bridgehead atoms. The Hall–Kier alpha value is -1.99. The number of hydrogen-bond acceptors (Lipinski definition) is 5. The molecular weight excluding hydrogens is 304 g/mol. The van der Waals surface area contributed by atoms with Gasteiger partial charge >= 0.3 is 0 Å². The van der Waals surface area contributed by atoms with Crippen LogP contribution in [0.1, 0.15) is 30.1 Å². The average Bonchev–Trinajstić information content (AvgIpc) is 3.02. The van der Waals surface area contributed by atoms with Crippen LogP contribution in [-0.2, 0) is 0 Å². The lowest BCUT2D eigenvalue weighted by Crippen LogP contribution is -2.52. The second-order valence-electron chi connectivity index (χ2n) is 5.57. The standard InChI is InChI=1S/C14H18N6O.ClH/c1-14(6-8-15-9-7-14)17-13(21)11-2-4-12(5-3-11)20-10-16-18-19-20;/h2-5,10,15H,6-9H2,1H3,(H,17,21);1H. The molecule has 0 atom stereocenters. The first-order valence-electron chi connectivity index (χ1n) is 7.03. The molecule has 2 aromatic rings. The number of carbonyl (C=O) groups is 1. The maximum Gasteiger partial charge on any atom is 0.251 e. The van der Waals surface area contributed by atoms with Crippen LogP contribution in [0.3, 0.4) is 0 Å². The smallest absolute Gasteiger partial charge is 0.251 e. The van der Waals surface area contributed by atoms with Crippen molar-refractivity contribution in [1.29, 1.82) is 0 Å². The van der Waals surface area contributed by atoms with Gasteiger partial charge in [-0.15, -0.1) is 17.5 Å². The summed E-state index contributed by atoms with van der Waals surface area (Å²) in [6.45, 7) is 3.98. The normalized spacial score (nSPS) is 16.6. The van der Waals surface area contributed by atoms with E-state index in [1.54, 1.807) is 16.8 Å². The topological polar surface area (TPSA) is 84.7 Å². The van der Waals surface area contributed by atoms with Crippen LogP contribution in [0.4, 0.5) is 0 Å². The maximum atomic E-state index is 12.3. The van der Waals surface area contributed by atoms with Gasteiger partial charge in [-0.3, -0.25) is 4.79 Å². The molecule has 8 heteroatoms. The largest absolute Gasteiger partial charge is 0.347 e. The highest BCUT2D eigenvalue weighted by Gasteiger charge is 2.28. The van der Waals surface area contributed by atoms with Gasteiger partial charge in [-0.05, 0) is 67.5 Å². The van der Waals surface area contributed by atoms with Crippen LogP contribution in [0.2, 0.25) is 0 Å². The highest BCUT2D eigenvalue weighted by atomic mass is 35.5. The van der Waals surface area contributed by atoms with Gasteiger partial charge in [0, 0.05) is 11.1 Å². The lowest BCUT2D eigenvalue weighted by atomic mass is 9.90. The van der Waals surface area contributed by atoms with E-state index in [1.807, 2.05) is 12.1 Å². The van der Waals surface area contributed by atoms with Crippen LogP contribution in [0.15, 0.2) is 30.6 Å². The van der Waals surface area contributed by atoms with Gasteiger partial charge in [0.25, 0.3) is 5.91 Å². The Balaban J connectivity index is 0.00000176. The van der Waals surface area contributed by atoms with E-state index in [0.29, 0.717) is 5.56 Å². The van der Waals surface area contributed by atoms with Gasteiger partial charge < -0.3 is 10.6 Å². The van der Waals surface area contributed by atoms with E-state index in [-0.39, 0.29) is 23.9 Å². The summed E-state index contributed by atoms with van der Waals surface area (Å²) in [5.74, 6) is -0.0392. The fraction of sp³-hybridized carbons (Fsp3) is 0.429. The Morgan fingerprint density at radius 1 is 1.27 bits per heavy atom. The first-order chi connectivity index (χ1) is 10.2. The number of amides is 1. The van der Waals surface area contributed by atoms with Crippen molar-refractivity contribution in [2.45, 2.75) is 25.3 Å². The third-order valence-electron chi connectivity index (χ3n) is 3.87. The molecule has 3 rings (SSSR count). The number of piperidine rings is 1. The predicted molar refractivity (Wildman–Crippen MR) is 84.4 cm³/mol. The minimum absolute atomic E-state index is 0. The Labute approximate surface area is 134 Å². The molecule has 7 nitrogen and oxygen atoms in total. The van der Waals surface area contributed by atoms with E-state index in [2.05, 4.69) is 33.1 Å². The van der Waals surface area contributed by atoms with Gasteiger partial charge in [-0.1, -0.05) is 0 Å². The van der Waals surface area contributed by atoms with E-state index in [4.69, 9.17) is 0 Å². The number of nitrogens with zero attached hydrogens (tertiary/aromatic N) is 4. The van der Waals surface area contributed by atoms with Crippen LogP contribution in [0, 0.1) is 0 Å². The lowest BCUT2D eigenvalue weighted by Gasteiger charge is -2.35. The Kier molecular flexibility index (Phi) is 5.10. The minimum atomic E-state index is -0.128. The Bertz CT molecular complexity index is 607. The lowest BCUT2D eigenvalue weighted by molar-refractivity contribution is 0.0887. The summed E-state index contributed by atoms with van der Waals surface area (Å²) in [5.41, 5.74) is 1.34. The van der Waals surface area contributed by atoms with Gasteiger partial charge in [0.05, 0.1) is 5.69 Å². The van der Waals surface area contributed by atoms with Crippen molar-refractivity contribution in [2.24, 2.45) is 0 Å². The molecule has 2 heterocycles. The molecule has 1 amide bonds. The molecule has 1 aliphatic heterocycles. The molecule has 0 unspecified atom stereocenters. The molecule has 2 N–H and O–H groups in total. The zero-order valence-corrected chi connectivity index (χ0v) is 13.1. The molecule has 1 saturated heterocycles. The Morgan fingerprint density at radius 2 is 1.95 bits per heavy atom. The van der Waals surface area contributed by atoms with Crippen LogP contribution < -0.4 is 10.6 Å². The van der Waals surface area contributed by atoms with Crippen molar-refractivity contribution in [3.63, 3.8) is 0 Å². The fourth-order valence-electron chi connectivity index (χ4n) is 2.49. The molecule has 0 aliphatic carbocycles. The van der Waals surface area contributed by atoms with E-state index in [1.165, 1.54) is 6.33 Å². The SMILES string of the molecule is CC1(NC(=O)c2ccc(-n3cnnn3)cc2)CCNCC1.Cl. The first kappa shape index (κ1) is 16.4. The Morgan fingerprint density at radius 3 is 2.55 bits per heavy atom. The number of aromatic nitrogens is 4. The molecule has 0 radical (unpaired) electrons. The quantitative estimate of drug-likeness (QED) is 0.879. The number of hydrogen-bond donors (Lipinski definition) is 2. The second-order valence-corrected chi connectivity index (χ2v) is 5.57. The molecule has 0 spiro atoms. The van der Waals surface area contributed by atoms with Crippen molar-refractivity contribution >= 4 is 18.3 Å². The van der Waals surface area contributed by atoms with Crippen LogP contribution >= 0.6 is 12.4 Å². The van der Waals surface area contributed by atoms with Gasteiger partial charge in [0.2, 0.25) is 0 Å². The van der Waals surface area contributed by atoms with E-state index < -0.39 is 0 Å². The number of nitrogens with one attached hydrogen (secondary N) is 2. The molecule has 118 valence electrons. The zero-order valence-electron chi connectivity index (χ0n) is 12.3. The van der Waals surface area contributed by atoms with Crippen molar-refractivity contribution in [1.82, 2.24) is 30.8 Å². The third-order valence-corrected chi connectivity index (χ3v) is 3.87. The van der Waals surface area contributed by atoms with E-state index in [0.717, 1.165) is 31.6 Å². The summed E-state index contributed by atoms with van der Waals surface area (Å²) >= 11 is 0. The molecule has 0 saturated carbocycles. The summed E-state index contributed by atoms with van der Waals surface area (Å²) in [6.07, 6.45) is 3.41. The summed E-state index contributed by atoms with van der Waals surface area (Å²) < 4.78 is 1.55. The first-order valence-corrected chi connectivity index (χ1v) is 7.03. The molecule has 22 heavy (non-hydrogen) atoms. The summed E-state index contributed by atoms with van der Waals surface area (Å²) in [4.78, 5) is 12.3. The van der Waals surface area contributed by atoms with Crippen molar-refractivity contribution < 1.29 is 4.79 Å². The van der Waals surface area contributed by atoms with Crippen molar-refractivity contribution in [3.05, 3.63) is 36.2 Å². The van der Waals surface area contributed by atoms with Crippen LogP contribution in [0.5, 0.6) is 0 Å². The fourth-order valence-corrected chi connectivity index (χ4v) is 2.49. The van der Waals surface area contributed by atoms with Gasteiger partial charge in [-0.25, -0.2) is 4.68 Å². The number of tetrazole rings is 1. The number of halogens is 1. The summed E-state index contributed by atoms with van der Waals surface area (Å²) in [5, 5.41) is 17.4. The molecule has 1 aromatic heterocycles. The second kappa shape index (κ2) is 6.85. The van der Waals surface area contributed by atoms with Gasteiger partial charge in [0.15, 0.2) is 0 Å². The van der Waals surface area contributed by atoms with Gasteiger partial charge in [-0.2, -0.15) is 0 Å². The minimum Gasteiger partial charge on any atom is -0.347 e. The summed E-state index contributed by atoms with van der Waals surface area (Å²) in [6, 6.07) is 7.24. The highest BCUT2D eigenvalue weighted by Crippen LogP contribution is 2.18. The number of rotatable bonds is 3. The number of benzene rings is 1. The molecular formula is C14H19ClN6O. The van der Waals surface area contributed by atoms with Crippen molar-refractivity contribution in [3.8, 4) is 5.69 Å².